The lowest BCUT2D eigenvalue weighted by Gasteiger charge is -2.04. The van der Waals surface area contributed by atoms with Crippen LogP contribution in [0.25, 0.3) is 0 Å². The number of rotatable bonds is 3. The van der Waals surface area contributed by atoms with Crippen LogP contribution in [0.3, 0.4) is 0 Å². The first-order chi connectivity index (χ1) is 8.79. The Labute approximate surface area is 104 Å². The molecule has 0 aromatic heterocycles. The van der Waals surface area contributed by atoms with Crippen LogP contribution in [0, 0.1) is 11.5 Å². The Bertz CT molecular complexity index is 570. The van der Waals surface area contributed by atoms with E-state index in [9.17, 15) is 4.79 Å². The topological polar surface area (TPSA) is 59.3 Å². The molecule has 0 aliphatic carbocycles. The summed E-state index contributed by atoms with van der Waals surface area (Å²) in [5.41, 5.74) is 0.393. The maximum absolute atomic E-state index is 11.8. The highest BCUT2D eigenvalue weighted by Gasteiger charge is 2.08. The molecular formula is C14H9NO3. The van der Waals surface area contributed by atoms with Crippen LogP contribution in [0.4, 0.5) is 0 Å². The van der Waals surface area contributed by atoms with Crippen molar-refractivity contribution in [1.82, 2.24) is 0 Å². The van der Waals surface area contributed by atoms with Crippen molar-refractivity contribution in [1.29, 1.82) is 5.26 Å². The number of benzene rings is 2. The van der Waals surface area contributed by atoms with Crippen molar-refractivity contribution in [2.45, 2.75) is 0 Å². The number of ether oxygens (including phenoxy) is 2. The van der Waals surface area contributed by atoms with Gasteiger partial charge in [0.15, 0.2) is 0 Å². The van der Waals surface area contributed by atoms with Crippen molar-refractivity contribution < 1.29 is 14.3 Å². The first-order valence-electron chi connectivity index (χ1n) is 5.23. The number of nitriles is 1. The Morgan fingerprint density at radius 1 is 0.944 bits per heavy atom. The van der Waals surface area contributed by atoms with E-state index in [4.69, 9.17) is 10.00 Å². The second-order valence-corrected chi connectivity index (χ2v) is 3.42. The third-order valence-corrected chi connectivity index (χ3v) is 2.21. The fraction of sp³-hybridized carbons (Fsp3) is 0. The third kappa shape index (κ3) is 2.86. The zero-order valence-corrected chi connectivity index (χ0v) is 9.37. The molecule has 2 rings (SSSR count). The molecular weight excluding hydrogens is 230 g/mol. The molecule has 0 fully saturated rings. The molecule has 0 heterocycles. The molecule has 0 radical (unpaired) electrons. The maximum Gasteiger partial charge on any atom is 0.343 e. The fourth-order valence-electron chi connectivity index (χ4n) is 1.37. The molecule has 4 heteroatoms. The molecule has 0 atom stereocenters. The van der Waals surface area contributed by atoms with Gasteiger partial charge in [0.1, 0.15) is 11.5 Å². The van der Waals surface area contributed by atoms with Gasteiger partial charge in [0.25, 0.3) is 6.26 Å². The molecule has 88 valence electrons. The summed E-state index contributed by atoms with van der Waals surface area (Å²) in [5.74, 6) is 0.415. The summed E-state index contributed by atoms with van der Waals surface area (Å²) in [6.45, 7) is 0. The zero-order chi connectivity index (χ0) is 12.8. The van der Waals surface area contributed by atoms with E-state index < -0.39 is 5.97 Å². The number of carbonyl (C=O) groups excluding carboxylic acids is 1. The Hall–Kier alpha value is -2.80. The summed E-state index contributed by atoms with van der Waals surface area (Å²) >= 11 is 0. The highest BCUT2D eigenvalue weighted by molar-refractivity contribution is 5.91. The normalized spacial score (nSPS) is 9.28. The van der Waals surface area contributed by atoms with Gasteiger partial charge in [-0.1, -0.05) is 18.2 Å². The molecule has 0 saturated heterocycles. The van der Waals surface area contributed by atoms with Gasteiger partial charge in [0, 0.05) is 0 Å². The van der Waals surface area contributed by atoms with Crippen molar-refractivity contribution in [3.63, 3.8) is 0 Å². The Morgan fingerprint density at radius 3 is 2.22 bits per heavy atom. The van der Waals surface area contributed by atoms with E-state index in [1.54, 1.807) is 30.5 Å². The molecule has 0 bridgehead atoms. The first-order valence-corrected chi connectivity index (χ1v) is 5.23. The molecule has 0 unspecified atom stereocenters. The van der Waals surface area contributed by atoms with Gasteiger partial charge in [-0.25, -0.2) is 4.79 Å². The van der Waals surface area contributed by atoms with Crippen LogP contribution in [0.15, 0.2) is 54.6 Å². The predicted octanol–water partition coefficient (Wildman–Crippen LogP) is 2.77. The Balaban J connectivity index is 2.08. The molecule has 0 saturated carbocycles. The minimum absolute atomic E-state index is 0.383. The lowest BCUT2D eigenvalue weighted by Crippen LogP contribution is -2.08. The summed E-state index contributed by atoms with van der Waals surface area (Å²) in [4.78, 5) is 11.8. The van der Waals surface area contributed by atoms with Crippen LogP contribution in [0.1, 0.15) is 10.4 Å². The van der Waals surface area contributed by atoms with E-state index in [-0.39, 0.29) is 0 Å². The monoisotopic (exact) mass is 239 g/mol. The van der Waals surface area contributed by atoms with Crippen molar-refractivity contribution in [2.75, 3.05) is 0 Å². The van der Waals surface area contributed by atoms with Gasteiger partial charge in [-0.05, 0) is 36.4 Å². The van der Waals surface area contributed by atoms with Crippen molar-refractivity contribution in [2.24, 2.45) is 0 Å². The highest BCUT2D eigenvalue weighted by atomic mass is 16.5. The molecule has 0 spiro atoms. The summed E-state index contributed by atoms with van der Waals surface area (Å²) in [6.07, 6.45) is 1.56. The van der Waals surface area contributed by atoms with Crippen LogP contribution >= 0.6 is 0 Å². The fourth-order valence-corrected chi connectivity index (χ4v) is 1.37. The minimum Gasteiger partial charge on any atom is -0.423 e. The van der Waals surface area contributed by atoms with Gasteiger partial charge in [-0.15, -0.1) is 5.26 Å². The number of hydrogen-bond donors (Lipinski definition) is 0. The van der Waals surface area contributed by atoms with Gasteiger partial charge in [0.05, 0.1) is 5.56 Å². The highest BCUT2D eigenvalue weighted by Crippen LogP contribution is 2.15. The largest absolute Gasteiger partial charge is 0.423 e. The number of esters is 1. The van der Waals surface area contributed by atoms with Crippen molar-refractivity contribution >= 4 is 5.97 Å². The van der Waals surface area contributed by atoms with Crippen LogP contribution < -0.4 is 9.47 Å². The van der Waals surface area contributed by atoms with Crippen LogP contribution in [0.2, 0.25) is 0 Å². The molecule has 18 heavy (non-hydrogen) atoms. The summed E-state index contributed by atoms with van der Waals surface area (Å²) in [7, 11) is 0. The van der Waals surface area contributed by atoms with Crippen LogP contribution in [-0.4, -0.2) is 5.97 Å². The summed E-state index contributed by atoms with van der Waals surface area (Å²) in [6, 6.07) is 15.0. The van der Waals surface area contributed by atoms with Gasteiger partial charge in [-0.3, -0.25) is 0 Å². The predicted molar refractivity (Wildman–Crippen MR) is 64.1 cm³/mol. The second-order valence-electron chi connectivity index (χ2n) is 3.42. The average molecular weight is 239 g/mol. The van der Waals surface area contributed by atoms with Gasteiger partial charge < -0.3 is 9.47 Å². The first kappa shape index (κ1) is 11.7. The van der Waals surface area contributed by atoms with E-state index in [1.165, 1.54) is 24.3 Å². The zero-order valence-electron chi connectivity index (χ0n) is 9.37. The van der Waals surface area contributed by atoms with E-state index in [2.05, 4.69) is 4.74 Å². The number of nitrogens with zero attached hydrogens (tertiary/aromatic N) is 1. The van der Waals surface area contributed by atoms with Crippen molar-refractivity contribution in [3.05, 3.63) is 60.2 Å². The lowest BCUT2D eigenvalue weighted by molar-refractivity contribution is 0.0735. The Kier molecular flexibility index (Phi) is 3.57. The summed E-state index contributed by atoms with van der Waals surface area (Å²) in [5, 5.41) is 8.33. The minimum atomic E-state index is -0.454. The van der Waals surface area contributed by atoms with E-state index in [1.807, 2.05) is 6.07 Å². The second kappa shape index (κ2) is 5.51. The molecule has 4 nitrogen and oxygen atoms in total. The molecule has 0 aliphatic heterocycles. The summed E-state index contributed by atoms with van der Waals surface area (Å²) < 4.78 is 9.77. The maximum atomic E-state index is 11.8. The molecule has 2 aromatic rings. The molecule has 0 amide bonds. The molecule has 2 aromatic carbocycles. The van der Waals surface area contributed by atoms with Gasteiger partial charge >= 0.3 is 5.97 Å². The van der Waals surface area contributed by atoms with Crippen LogP contribution in [0.5, 0.6) is 11.5 Å². The smallest absolute Gasteiger partial charge is 0.343 e. The Morgan fingerprint density at radius 2 is 1.61 bits per heavy atom. The van der Waals surface area contributed by atoms with E-state index in [0.29, 0.717) is 17.1 Å². The van der Waals surface area contributed by atoms with Crippen molar-refractivity contribution in [3.8, 4) is 17.8 Å². The quantitative estimate of drug-likeness (QED) is 0.469. The third-order valence-electron chi connectivity index (χ3n) is 2.21. The van der Waals surface area contributed by atoms with Gasteiger partial charge in [0.2, 0.25) is 0 Å². The lowest BCUT2D eigenvalue weighted by atomic mass is 10.2. The molecule has 0 aliphatic rings. The SMILES string of the molecule is N#COc1ccc(C(=O)Oc2ccccc2)cc1. The average Bonchev–Trinajstić information content (AvgIpc) is 2.41. The molecule has 0 N–H and O–H groups in total. The number of hydrogen-bond acceptors (Lipinski definition) is 4. The van der Waals surface area contributed by atoms with Gasteiger partial charge in [-0.2, -0.15) is 0 Å². The number of para-hydroxylation sites is 1. The van der Waals surface area contributed by atoms with Crippen LogP contribution in [-0.2, 0) is 0 Å². The van der Waals surface area contributed by atoms with E-state index in [0.717, 1.165) is 0 Å². The standard InChI is InChI=1S/C14H9NO3/c15-10-17-12-8-6-11(7-9-12)14(16)18-13-4-2-1-3-5-13/h1-9H. The van der Waals surface area contributed by atoms with E-state index >= 15 is 0 Å². The number of carbonyl (C=O) groups is 1.